The second-order valence-corrected chi connectivity index (χ2v) is 5.79. The number of benzene rings is 2. The van der Waals surface area contributed by atoms with Gasteiger partial charge in [0, 0.05) is 17.7 Å². The first-order valence-electron chi connectivity index (χ1n) is 7.49. The van der Waals surface area contributed by atoms with Crippen molar-refractivity contribution in [1.82, 2.24) is 5.32 Å². The first kappa shape index (κ1) is 18.3. The molecule has 0 aliphatic rings. The third-order valence-electron chi connectivity index (χ3n) is 3.04. The predicted octanol–water partition coefficient (Wildman–Crippen LogP) is 3.51. The number of anilines is 1. The molecule has 0 unspecified atom stereocenters. The third kappa shape index (κ3) is 5.25. The van der Waals surface area contributed by atoms with E-state index in [2.05, 4.69) is 10.6 Å². The minimum Gasteiger partial charge on any atom is -0.489 e. The molecule has 7 nitrogen and oxygen atoms in total. The van der Waals surface area contributed by atoms with Crippen LogP contribution in [0.25, 0.3) is 0 Å². The Labute approximate surface area is 150 Å². The molecule has 2 aromatic carbocycles. The van der Waals surface area contributed by atoms with Gasteiger partial charge < -0.3 is 10.1 Å². The molecular weight excluding hydrogens is 342 g/mol. The van der Waals surface area contributed by atoms with E-state index in [-0.39, 0.29) is 22.5 Å². The van der Waals surface area contributed by atoms with Crippen molar-refractivity contribution in [3.8, 4) is 5.75 Å². The number of nitrogens with one attached hydrogen (secondary N) is 2. The maximum absolute atomic E-state index is 12.2. The Morgan fingerprint density at radius 3 is 2.60 bits per heavy atom. The van der Waals surface area contributed by atoms with Crippen LogP contribution in [0, 0.1) is 10.1 Å². The first-order valence-corrected chi connectivity index (χ1v) is 7.90. The molecule has 8 heteroatoms. The van der Waals surface area contributed by atoms with Gasteiger partial charge in [-0.2, -0.15) is 0 Å². The lowest BCUT2D eigenvalue weighted by molar-refractivity contribution is -0.384. The summed E-state index contributed by atoms with van der Waals surface area (Å²) in [4.78, 5) is 22.4. The SMILES string of the molecule is CC(C)Oc1ccccc1NC(=S)NC(=O)c1cccc([N+](=O)[O-])c1. The van der Waals surface area contributed by atoms with E-state index in [1.807, 2.05) is 19.9 Å². The van der Waals surface area contributed by atoms with Crippen LogP contribution >= 0.6 is 12.2 Å². The fourth-order valence-electron chi connectivity index (χ4n) is 2.02. The van der Waals surface area contributed by atoms with E-state index in [4.69, 9.17) is 17.0 Å². The molecule has 0 fully saturated rings. The van der Waals surface area contributed by atoms with Gasteiger partial charge in [0.1, 0.15) is 5.75 Å². The number of rotatable bonds is 5. The summed E-state index contributed by atoms with van der Waals surface area (Å²) in [7, 11) is 0. The van der Waals surface area contributed by atoms with Crippen LogP contribution in [0.2, 0.25) is 0 Å². The van der Waals surface area contributed by atoms with Gasteiger partial charge in [-0.05, 0) is 44.3 Å². The first-order chi connectivity index (χ1) is 11.9. The standard InChI is InChI=1S/C17H17N3O4S/c1-11(2)24-15-9-4-3-8-14(15)18-17(25)19-16(21)12-6-5-7-13(10-12)20(22)23/h3-11H,1-2H3,(H2,18,19,21,25). The summed E-state index contributed by atoms with van der Waals surface area (Å²) in [6, 6.07) is 12.6. The smallest absolute Gasteiger partial charge is 0.270 e. The molecule has 2 N–H and O–H groups in total. The highest BCUT2D eigenvalue weighted by Crippen LogP contribution is 2.24. The van der Waals surface area contributed by atoms with Gasteiger partial charge in [-0.15, -0.1) is 0 Å². The number of non-ortho nitro benzene ring substituents is 1. The number of nitro benzene ring substituents is 1. The summed E-state index contributed by atoms with van der Waals surface area (Å²) < 4.78 is 5.67. The molecular formula is C17H17N3O4S. The van der Waals surface area contributed by atoms with E-state index in [9.17, 15) is 14.9 Å². The maximum atomic E-state index is 12.2. The number of thiocarbonyl (C=S) groups is 1. The third-order valence-corrected chi connectivity index (χ3v) is 3.25. The Hall–Kier alpha value is -3.00. The zero-order valence-corrected chi connectivity index (χ0v) is 14.5. The van der Waals surface area contributed by atoms with E-state index >= 15 is 0 Å². The second-order valence-electron chi connectivity index (χ2n) is 5.38. The lowest BCUT2D eigenvalue weighted by atomic mass is 10.2. The Kier molecular flexibility index (Phi) is 6.02. The number of amides is 1. The molecule has 0 aliphatic heterocycles. The highest BCUT2D eigenvalue weighted by Gasteiger charge is 2.13. The Morgan fingerprint density at radius 2 is 1.92 bits per heavy atom. The molecule has 2 rings (SSSR count). The molecule has 0 heterocycles. The molecule has 25 heavy (non-hydrogen) atoms. The van der Waals surface area contributed by atoms with Crippen LogP contribution < -0.4 is 15.4 Å². The summed E-state index contributed by atoms with van der Waals surface area (Å²) in [5.41, 5.74) is 0.591. The van der Waals surface area contributed by atoms with Crippen molar-refractivity contribution in [2.45, 2.75) is 20.0 Å². The molecule has 0 aromatic heterocycles. The maximum Gasteiger partial charge on any atom is 0.270 e. The molecule has 130 valence electrons. The average Bonchev–Trinajstić information content (AvgIpc) is 2.56. The fourth-order valence-corrected chi connectivity index (χ4v) is 2.22. The summed E-state index contributed by atoms with van der Waals surface area (Å²) in [5.74, 6) is 0.0629. The lowest BCUT2D eigenvalue weighted by Crippen LogP contribution is -2.34. The minimum atomic E-state index is -0.563. The van der Waals surface area contributed by atoms with Gasteiger partial charge in [0.15, 0.2) is 5.11 Å². The quantitative estimate of drug-likeness (QED) is 0.482. The van der Waals surface area contributed by atoms with Crippen LogP contribution in [0.1, 0.15) is 24.2 Å². The van der Waals surface area contributed by atoms with Crippen LogP contribution in [0.3, 0.4) is 0 Å². The largest absolute Gasteiger partial charge is 0.489 e. The van der Waals surface area contributed by atoms with Crippen molar-refractivity contribution < 1.29 is 14.5 Å². The molecule has 0 bridgehead atoms. The fraction of sp³-hybridized carbons (Fsp3) is 0.176. The highest BCUT2D eigenvalue weighted by molar-refractivity contribution is 7.80. The molecule has 0 saturated carbocycles. The molecule has 0 saturated heterocycles. The molecule has 0 atom stereocenters. The zero-order chi connectivity index (χ0) is 18.4. The number of hydrogen-bond acceptors (Lipinski definition) is 5. The monoisotopic (exact) mass is 359 g/mol. The lowest BCUT2D eigenvalue weighted by Gasteiger charge is -2.16. The second kappa shape index (κ2) is 8.20. The number of carbonyl (C=O) groups is 1. The van der Waals surface area contributed by atoms with Gasteiger partial charge >= 0.3 is 0 Å². The average molecular weight is 359 g/mol. The number of ether oxygens (including phenoxy) is 1. The van der Waals surface area contributed by atoms with Gasteiger partial charge in [-0.1, -0.05) is 18.2 Å². The van der Waals surface area contributed by atoms with Crippen LogP contribution in [-0.2, 0) is 0 Å². The highest BCUT2D eigenvalue weighted by atomic mass is 32.1. The van der Waals surface area contributed by atoms with Crippen molar-refractivity contribution in [1.29, 1.82) is 0 Å². The van der Waals surface area contributed by atoms with Gasteiger partial charge in [0.2, 0.25) is 0 Å². The molecule has 0 radical (unpaired) electrons. The van der Waals surface area contributed by atoms with E-state index in [1.54, 1.807) is 18.2 Å². The summed E-state index contributed by atoms with van der Waals surface area (Å²) in [5, 5.41) is 16.2. The van der Waals surface area contributed by atoms with Crippen molar-refractivity contribution >= 4 is 34.6 Å². The van der Waals surface area contributed by atoms with E-state index in [0.29, 0.717) is 11.4 Å². The molecule has 0 spiro atoms. The summed E-state index contributed by atoms with van der Waals surface area (Å²) in [6.07, 6.45) is -0.0176. The van der Waals surface area contributed by atoms with Crippen LogP contribution in [0.15, 0.2) is 48.5 Å². The number of carbonyl (C=O) groups excluding carboxylic acids is 1. The number of para-hydroxylation sites is 2. The minimum absolute atomic E-state index is 0.0176. The topological polar surface area (TPSA) is 93.5 Å². The van der Waals surface area contributed by atoms with Crippen molar-refractivity contribution in [3.63, 3.8) is 0 Å². The van der Waals surface area contributed by atoms with Crippen molar-refractivity contribution in [2.75, 3.05) is 5.32 Å². The van der Waals surface area contributed by atoms with E-state index < -0.39 is 10.8 Å². The normalized spacial score (nSPS) is 10.2. The zero-order valence-electron chi connectivity index (χ0n) is 13.7. The Morgan fingerprint density at radius 1 is 1.20 bits per heavy atom. The number of nitrogens with zero attached hydrogens (tertiary/aromatic N) is 1. The van der Waals surface area contributed by atoms with Gasteiger partial charge in [-0.3, -0.25) is 20.2 Å². The van der Waals surface area contributed by atoms with E-state index in [1.165, 1.54) is 24.3 Å². The van der Waals surface area contributed by atoms with E-state index in [0.717, 1.165) is 0 Å². The van der Waals surface area contributed by atoms with Crippen LogP contribution in [0.4, 0.5) is 11.4 Å². The Bertz CT molecular complexity index is 808. The molecule has 2 aromatic rings. The predicted molar refractivity (Wildman–Crippen MR) is 99.0 cm³/mol. The van der Waals surface area contributed by atoms with Gasteiger partial charge in [0.25, 0.3) is 11.6 Å². The van der Waals surface area contributed by atoms with Gasteiger partial charge in [-0.25, -0.2) is 0 Å². The van der Waals surface area contributed by atoms with Crippen molar-refractivity contribution in [2.24, 2.45) is 0 Å². The molecule has 0 aliphatic carbocycles. The molecule has 1 amide bonds. The van der Waals surface area contributed by atoms with Crippen molar-refractivity contribution in [3.05, 3.63) is 64.2 Å². The number of nitro groups is 1. The van der Waals surface area contributed by atoms with Gasteiger partial charge in [0.05, 0.1) is 16.7 Å². The summed E-state index contributed by atoms with van der Waals surface area (Å²) >= 11 is 5.14. The Balaban J connectivity index is 2.07. The van der Waals surface area contributed by atoms with Crippen LogP contribution in [0.5, 0.6) is 5.75 Å². The summed E-state index contributed by atoms with van der Waals surface area (Å²) in [6.45, 7) is 3.80. The van der Waals surface area contributed by atoms with Crippen LogP contribution in [-0.4, -0.2) is 22.0 Å². The number of hydrogen-bond donors (Lipinski definition) is 2.